The van der Waals surface area contributed by atoms with Crippen LogP contribution in [0.3, 0.4) is 0 Å². The van der Waals surface area contributed by atoms with Gasteiger partial charge in [-0.1, -0.05) is 91.0 Å². The number of aromatic carboxylic acids is 1. The van der Waals surface area contributed by atoms with Gasteiger partial charge >= 0.3 is 5.97 Å². The molecule has 10 heteroatoms. The summed E-state index contributed by atoms with van der Waals surface area (Å²) in [5.41, 5.74) is 5.58. The second kappa shape index (κ2) is 15.3. The van der Waals surface area contributed by atoms with E-state index in [-0.39, 0.29) is 35.8 Å². The first-order valence-corrected chi connectivity index (χ1v) is 18.0. The van der Waals surface area contributed by atoms with Crippen LogP contribution in [0.1, 0.15) is 51.4 Å². The van der Waals surface area contributed by atoms with Crippen molar-refractivity contribution < 1.29 is 32.9 Å². The summed E-state index contributed by atoms with van der Waals surface area (Å²) in [6.07, 6.45) is -0.411. The van der Waals surface area contributed by atoms with Gasteiger partial charge in [0, 0.05) is 29.2 Å². The monoisotopic (exact) mass is 681 g/mol. The second-order valence-corrected chi connectivity index (χ2v) is 14.3. The minimum atomic E-state index is -3.66. The first kappa shape index (κ1) is 33.6. The van der Waals surface area contributed by atoms with Crippen molar-refractivity contribution in [1.29, 1.82) is 0 Å². The fourth-order valence-electron chi connectivity index (χ4n) is 5.54. The molecule has 3 unspecified atom stereocenters. The highest BCUT2D eigenvalue weighted by atomic mass is 32.2. The van der Waals surface area contributed by atoms with E-state index in [2.05, 4.69) is 4.72 Å². The third-order valence-electron chi connectivity index (χ3n) is 8.17. The third kappa shape index (κ3) is 8.22. The van der Waals surface area contributed by atoms with Crippen molar-refractivity contribution in [3.8, 4) is 11.1 Å². The van der Waals surface area contributed by atoms with E-state index in [0.717, 1.165) is 38.3 Å². The van der Waals surface area contributed by atoms with Crippen LogP contribution in [0.4, 0.5) is 0 Å². The number of nitrogens with one attached hydrogen (secondary N) is 1. The van der Waals surface area contributed by atoms with Crippen LogP contribution in [-0.2, 0) is 32.6 Å². The molecule has 0 amide bonds. The van der Waals surface area contributed by atoms with Gasteiger partial charge in [0.1, 0.15) is 0 Å². The smallest absolute Gasteiger partial charge is 0.335 e. The average Bonchev–Trinajstić information content (AvgIpc) is 3.14. The van der Waals surface area contributed by atoms with Gasteiger partial charge < -0.3 is 19.7 Å². The number of ether oxygens (including phenoxy) is 2. The molecular formula is C38H35NO7S2. The normalized spacial score (nSPS) is 18.0. The molecule has 48 heavy (non-hydrogen) atoms. The molecule has 5 aromatic rings. The number of benzene rings is 5. The van der Waals surface area contributed by atoms with E-state index < -0.39 is 22.3 Å². The minimum Gasteiger partial charge on any atom is -0.478 e. The van der Waals surface area contributed by atoms with Gasteiger partial charge in [0.15, 0.2) is 6.29 Å². The fraction of sp³-hybridized carbons (Fsp3) is 0.184. The number of hydrogen-bond acceptors (Lipinski definition) is 7. The Morgan fingerprint density at radius 3 is 2.15 bits per heavy atom. The maximum atomic E-state index is 12.9. The Bertz CT molecular complexity index is 1930. The molecule has 246 valence electrons. The third-order valence-corrected chi connectivity index (χ3v) is 10.7. The summed E-state index contributed by atoms with van der Waals surface area (Å²) in [6, 6.07) is 38.4. The van der Waals surface area contributed by atoms with Crippen LogP contribution >= 0.6 is 11.8 Å². The van der Waals surface area contributed by atoms with Crippen LogP contribution in [-0.4, -0.2) is 36.5 Å². The Hall–Kier alpha value is -4.29. The Morgan fingerprint density at radius 2 is 1.46 bits per heavy atom. The van der Waals surface area contributed by atoms with E-state index in [4.69, 9.17) is 9.47 Å². The molecule has 0 saturated carbocycles. The molecule has 0 bridgehead atoms. The Kier molecular flexibility index (Phi) is 10.7. The molecular weight excluding hydrogens is 647 g/mol. The van der Waals surface area contributed by atoms with E-state index >= 15 is 0 Å². The van der Waals surface area contributed by atoms with Crippen LogP contribution in [0.15, 0.2) is 137 Å². The maximum absolute atomic E-state index is 12.9. The highest BCUT2D eigenvalue weighted by molar-refractivity contribution is 7.99. The molecule has 1 aliphatic heterocycles. The van der Waals surface area contributed by atoms with E-state index in [9.17, 15) is 23.4 Å². The Balaban J connectivity index is 1.19. The lowest BCUT2D eigenvalue weighted by molar-refractivity contribution is -0.245. The van der Waals surface area contributed by atoms with Crippen molar-refractivity contribution in [2.75, 3.05) is 5.75 Å². The quantitative estimate of drug-likeness (QED) is 0.117. The number of carboxylic acid groups (broad SMARTS) is 1. The van der Waals surface area contributed by atoms with Crippen molar-refractivity contribution in [3.05, 3.63) is 155 Å². The van der Waals surface area contributed by atoms with Crippen LogP contribution in [0.5, 0.6) is 0 Å². The van der Waals surface area contributed by atoms with Gasteiger partial charge in [-0.25, -0.2) is 17.9 Å². The number of carbonyl (C=O) groups is 1. The number of thioether (sulfide) groups is 1. The zero-order valence-corrected chi connectivity index (χ0v) is 27.6. The molecule has 5 aromatic carbocycles. The van der Waals surface area contributed by atoms with Gasteiger partial charge in [-0.05, 0) is 64.2 Å². The van der Waals surface area contributed by atoms with Gasteiger partial charge in [-0.3, -0.25) is 0 Å². The van der Waals surface area contributed by atoms with Crippen LogP contribution < -0.4 is 4.72 Å². The largest absolute Gasteiger partial charge is 0.478 e. The average molecular weight is 682 g/mol. The maximum Gasteiger partial charge on any atom is 0.335 e. The first-order chi connectivity index (χ1) is 23.3. The fourth-order valence-corrected chi connectivity index (χ4v) is 7.49. The number of hydrogen-bond donors (Lipinski definition) is 3. The molecule has 1 fully saturated rings. The van der Waals surface area contributed by atoms with E-state index in [1.165, 1.54) is 0 Å². The van der Waals surface area contributed by atoms with Crippen molar-refractivity contribution in [2.24, 2.45) is 0 Å². The number of aliphatic hydroxyl groups excluding tert-OH is 1. The molecule has 0 aromatic heterocycles. The molecule has 0 radical (unpaired) electrons. The number of rotatable bonds is 12. The highest BCUT2D eigenvalue weighted by Gasteiger charge is 2.32. The zero-order valence-electron chi connectivity index (χ0n) is 25.9. The highest BCUT2D eigenvalue weighted by Crippen LogP contribution is 2.40. The Morgan fingerprint density at radius 1 is 0.792 bits per heavy atom. The summed E-state index contributed by atoms with van der Waals surface area (Å²) in [6.45, 7) is 0.102. The number of sulfonamides is 1. The number of aliphatic hydroxyl groups is 1. The first-order valence-electron chi connectivity index (χ1n) is 15.5. The standard InChI is InChI=1S/C38H35NO7S2/c40-24-26-10-12-28(13-11-26)36-22-32(25-47-33-20-18-29(19-21-33)37(41)42)45-38(46-36)30-16-14-27(15-17-30)35-9-5-4-6-31(35)23-39-48(43,44)34-7-2-1-3-8-34/h1-21,32,36,38-40H,22-25H2,(H,41,42). The minimum absolute atomic E-state index is 0.0359. The summed E-state index contributed by atoms with van der Waals surface area (Å²) in [5, 5.41) is 18.7. The van der Waals surface area contributed by atoms with E-state index in [1.807, 2.05) is 72.8 Å². The van der Waals surface area contributed by atoms with Gasteiger partial charge in [0.25, 0.3) is 0 Å². The van der Waals surface area contributed by atoms with Gasteiger partial charge in [-0.2, -0.15) is 0 Å². The van der Waals surface area contributed by atoms with E-state index in [0.29, 0.717) is 12.2 Å². The predicted octanol–water partition coefficient (Wildman–Crippen LogP) is 7.36. The lowest BCUT2D eigenvalue weighted by Gasteiger charge is -2.36. The molecule has 8 nitrogen and oxygen atoms in total. The van der Waals surface area contributed by atoms with Crippen LogP contribution in [0, 0.1) is 0 Å². The van der Waals surface area contributed by atoms with Crippen molar-refractivity contribution in [1.82, 2.24) is 4.72 Å². The van der Waals surface area contributed by atoms with Crippen molar-refractivity contribution in [2.45, 2.75) is 47.9 Å². The van der Waals surface area contributed by atoms with Crippen molar-refractivity contribution >= 4 is 27.8 Å². The molecule has 0 spiro atoms. The van der Waals surface area contributed by atoms with E-state index in [1.54, 1.807) is 66.4 Å². The SMILES string of the molecule is O=C(O)c1ccc(SCC2CC(c3ccc(CO)cc3)OC(c3ccc(-c4ccccc4CNS(=O)(=O)c4ccccc4)cc3)O2)cc1. The molecule has 0 aliphatic carbocycles. The topological polar surface area (TPSA) is 122 Å². The second-order valence-electron chi connectivity index (χ2n) is 11.4. The van der Waals surface area contributed by atoms with Gasteiger partial charge in [-0.15, -0.1) is 11.8 Å². The van der Waals surface area contributed by atoms with Gasteiger partial charge in [0.2, 0.25) is 10.0 Å². The van der Waals surface area contributed by atoms with Gasteiger partial charge in [0.05, 0.1) is 29.3 Å². The van der Waals surface area contributed by atoms with Crippen LogP contribution in [0.25, 0.3) is 11.1 Å². The molecule has 6 rings (SSSR count). The molecule has 1 aliphatic rings. The molecule has 1 heterocycles. The van der Waals surface area contributed by atoms with Crippen molar-refractivity contribution in [3.63, 3.8) is 0 Å². The Labute approximate surface area is 284 Å². The molecule has 1 saturated heterocycles. The zero-order chi connectivity index (χ0) is 33.5. The molecule has 3 N–H and O–H groups in total. The number of carboxylic acids is 1. The lowest BCUT2D eigenvalue weighted by atomic mass is 9.98. The summed E-state index contributed by atoms with van der Waals surface area (Å²) in [4.78, 5) is 12.4. The summed E-state index contributed by atoms with van der Waals surface area (Å²) < 4.78 is 41.4. The predicted molar refractivity (Wildman–Crippen MR) is 185 cm³/mol. The summed E-state index contributed by atoms with van der Waals surface area (Å²) >= 11 is 1.60. The molecule has 3 atom stereocenters. The summed E-state index contributed by atoms with van der Waals surface area (Å²) in [7, 11) is -3.66. The lowest BCUT2D eigenvalue weighted by Crippen LogP contribution is -2.31. The van der Waals surface area contributed by atoms with Crippen LogP contribution in [0.2, 0.25) is 0 Å². The summed E-state index contributed by atoms with van der Waals surface area (Å²) in [5.74, 6) is -0.318.